The van der Waals surface area contributed by atoms with Gasteiger partial charge in [-0.25, -0.2) is 8.42 Å². The molecule has 0 bridgehead atoms. The summed E-state index contributed by atoms with van der Waals surface area (Å²) < 4.78 is 42.4. The Kier molecular flexibility index (Phi) is 6.80. The maximum atomic E-state index is 13.2. The van der Waals surface area contributed by atoms with Gasteiger partial charge in [0.15, 0.2) is 0 Å². The molecular weight excluding hydrogens is 417 g/mol. The molecule has 0 aromatic heterocycles. The number of methoxy groups -OCH3 is 3. The lowest BCUT2D eigenvalue weighted by Crippen LogP contribution is -2.36. The van der Waals surface area contributed by atoms with Crippen molar-refractivity contribution >= 4 is 44.9 Å². The van der Waals surface area contributed by atoms with E-state index in [1.165, 1.54) is 44.6 Å². The van der Waals surface area contributed by atoms with Gasteiger partial charge in [0.2, 0.25) is 0 Å². The summed E-state index contributed by atoms with van der Waals surface area (Å²) in [6, 6.07) is 8.43. The van der Waals surface area contributed by atoms with Gasteiger partial charge >= 0.3 is 5.97 Å². The van der Waals surface area contributed by atoms with Crippen molar-refractivity contribution in [3.63, 3.8) is 0 Å². The third-order valence-corrected chi connectivity index (χ3v) is 6.13. The van der Waals surface area contributed by atoms with Crippen molar-refractivity contribution < 1.29 is 27.4 Å². The molecule has 0 aliphatic heterocycles. The molecule has 2 aromatic rings. The number of nitrogens with zero attached hydrogens (tertiary/aromatic N) is 1. The predicted octanol–water partition coefficient (Wildman–Crippen LogP) is 3.38. The fraction of sp³-hybridized carbons (Fsp3) is 0.235. The highest BCUT2D eigenvalue weighted by atomic mass is 35.5. The van der Waals surface area contributed by atoms with Crippen LogP contribution in [0.4, 0.5) is 5.69 Å². The van der Waals surface area contributed by atoms with Gasteiger partial charge in [0.05, 0.1) is 42.0 Å². The highest BCUT2D eigenvalue weighted by Crippen LogP contribution is 2.36. The van der Waals surface area contributed by atoms with Crippen molar-refractivity contribution in [2.45, 2.75) is 4.90 Å². The van der Waals surface area contributed by atoms with E-state index in [1.54, 1.807) is 6.07 Å². The first-order valence-electron chi connectivity index (χ1n) is 7.51. The lowest BCUT2D eigenvalue weighted by atomic mass is 10.2. The van der Waals surface area contributed by atoms with Gasteiger partial charge in [-0.1, -0.05) is 23.2 Å². The van der Waals surface area contributed by atoms with Gasteiger partial charge in [-0.05, 0) is 30.3 Å². The van der Waals surface area contributed by atoms with Crippen molar-refractivity contribution in [1.82, 2.24) is 0 Å². The summed E-state index contributed by atoms with van der Waals surface area (Å²) in [4.78, 5) is 11.8. The zero-order valence-corrected chi connectivity index (χ0v) is 17.1. The molecule has 0 radical (unpaired) electrons. The SMILES string of the molecule is COC(=O)CN(c1cc(OC)ccc1OC)S(=O)(=O)c1ccc(Cl)c(Cl)c1. The Balaban J connectivity index is 2.67. The van der Waals surface area contributed by atoms with Crippen LogP contribution in [0.3, 0.4) is 0 Å². The van der Waals surface area contributed by atoms with Crippen LogP contribution in [0, 0.1) is 0 Å². The molecule has 0 atom stereocenters. The van der Waals surface area contributed by atoms with Gasteiger partial charge in [0.25, 0.3) is 10.0 Å². The van der Waals surface area contributed by atoms with Crippen LogP contribution in [0.5, 0.6) is 11.5 Å². The molecule has 0 aliphatic carbocycles. The number of rotatable bonds is 7. The Labute approximate surface area is 167 Å². The van der Waals surface area contributed by atoms with E-state index in [-0.39, 0.29) is 26.4 Å². The Morgan fingerprint density at radius 2 is 1.70 bits per heavy atom. The summed E-state index contributed by atoms with van der Waals surface area (Å²) in [6.45, 7) is -0.581. The maximum Gasteiger partial charge on any atom is 0.326 e. The zero-order chi connectivity index (χ0) is 20.2. The second-order valence-corrected chi connectivity index (χ2v) is 7.88. The minimum atomic E-state index is -4.20. The van der Waals surface area contributed by atoms with E-state index in [9.17, 15) is 13.2 Å². The lowest BCUT2D eigenvalue weighted by Gasteiger charge is -2.25. The Morgan fingerprint density at radius 1 is 1.00 bits per heavy atom. The summed E-state index contributed by atoms with van der Waals surface area (Å²) in [6.07, 6.45) is 0. The molecule has 0 unspecified atom stereocenters. The fourth-order valence-corrected chi connectivity index (χ4v) is 4.04. The number of benzene rings is 2. The van der Waals surface area contributed by atoms with Crippen LogP contribution in [0.15, 0.2) is 41.3 Å². The average molecular weight is 434 g/mol. The molecule has 27 heavy (non-hydrogen) atoms. The zero-order valence-electron chi connectivity index (χ0n) is 14.7. The molecule has 0 saturated heterocycles. The van der Waals surface area contributed by atoms with E-state index >= 15 is 0 Å². The largest absolute Gasteiger partial charge is 0.497 e. The number of carbonyl (C=O) groups is 1. The van der Waals surface area contributed by atoms with Crippen molar-refractivity contribution in [2.75, 3.05) is 32.2 Å². The molecule has 7 nitrogen and oxygen atoms in total. The average Bonchev–Trinajstić information content (AvgIpc) is 2.67. The van der Waals surface area contributed by atoms with Crippen molar-refractivity contribution in [3.8, 4) is 11.5 Å². The van der Waals surface area contributed by atoms with Crippen molar-refractivity contribution in [2.24, 2.45) is 0 Å². The molecular formula is C17H17Cl2NO6S. The summed E-state index contributed by atoms with van der Waals surface area (Å²) in [5, 5.41) is 0.266. The van der Waals surface area contributed by atoms with Gasteiger partial charge in [0.1, 0.15) is 18.0 Å². The Morgan fingerprint density at radius 3 is 2.26 bits per heavy atom. The number of hydrogen-bond acceptors (Lipinski definition) is 6. The molecule has 0 amide bonds. The monoisotopic (exact) mass is 433 g/mol. The van der Waals surface area contributed by atoms with E-state index in [1.807, 2.05) is 0 Å². The number of anilines is 1. The van der Waals surface area contributed by atoms with Gasteiger partial charge in [-0.3, -0.25) is 9.10 Å². The van der Waals surface area contributed by atoms with Crippen LogP contribution in [-0.4, -0.2) is 42.3 Å². The van der Waals surface area contributed by atoms with E-state index in [2.05, 4.69) is 4.74 Å². The maximum absolute atomic E-state index is 13.2. The number of carbonyl (C=O) groups excluding carboxylic acids is 1. The smallest absolute Gasteiger partial charge is 0.326 e. The third-order valence-electron chi connectivity index (χ3n) is 3.63. The predicted molar refractivity (Wildman–Crippen MR) is 103 cm³/mol. The van der Waals surface area contributed by atoms with Crippen LogP contribution >= 0.6 is 23.2 Å². The van der Waals surface area contributed by atoms with Gasteiger partial charge in [-0.15, -0.1) is 0 Å². The number of sulfonamides is 1. The first-order valence-corrected chi connectivity index (χ1v) is 9.70. The minimum Gasteiger partial charge on any atom is -0.497 e. The molecule has 0 saturated carbocycles. The highest BCUT2D eigenvalue weighted by molar-refractivity contribution is 7.92. The lowest BCUT2D eigenvalue weighted by molar-refractivity contribution is -0.138. The molecule has 0 heterocycles. The number of esters is 1. The number of ether oxygens (including phenoxy) is 3. The van der Waals surface area contributed by atoms with E-state index in [0.29, 0.717) is 5.75 Å². The number of hydrogen-bond donors (Lipinski definition) is 0. The van der Waals surface area contributed by atoms with Crippen LogP contribution in [0.2, 0.25) is 10.0 Å². The summed E-state index contributed by atoms with van der Waals surface area (Å²) in [7, 11) is -0.224. The molecule has 0 fully saturated rings. The minimum absolute atomic E-state index is 0.0633. The molecule has 0 spiro atoms. The summed E-state index contributed by atoms with van der Waals surface area (Å²) >= 11 is 11.8. The Bertz CT molecular complexity index is 948. The second-order valence-electron chi connectivity index (χ2n) is 5.20. The van der Waals surface area contributed by atoms with Crippen molar-refractivity contribution in [3.05, 3.63) is 46.4 Å². The first kappa shape index (κ1) is 21.1. The second kappa shape index (κ2) is 8.69. The standard InChI is InChI=1S/C17H17Cl2NO6S/c1-24-11-4-7-16(25-2)15(8-11)20(10-17(21)26-3)27(22,23)12-5-6-13(18)14(19)9-12/h4-9H,10H2,1-3H3. The summed E-state index contributed by atoms with van der Waals surface area (Å²) in [5.74, 6) is -0.156. The molecule has 10 heteroatoms. The van der Waals surface area contributed by atoms with Gasteiger partial charge in [0, 0.05) is 6.07 Å². The van der Waals surface area contributed by atoms with Crippen LogP contribution in [0.25, 0.3) is 0 Å². The van der Waals surface area contributed by atoms with E-state index in [0.717, 1.165) is 11.4 Å². The third kappa shape index (κ3) is 4.58. The van der Waals surface area contributed by atoms with Crippen LogP contribution in [-0.2, 0) is 19.6 Å². The van der Waals surface area contributed by atoms with E-state index in [4.69, 9.17) is 32.7 Å². The van der Waals surface area contributed by atoms with Crippen molar-refractivity contribution in [1.29, 1.82) is 0 Å². The molecule has 2 aromatic carbocycles. The van der Waals surface area contributed by atoms with Gasteiger partial charge in [-0.2, -0.15) is 0 Å². The quantitative estimate of drug-likeness (QED) is 0.622. The summed E-state index contributed by atoms with van der Waals surface area (Å²) in [5.41, 5.74) is 0.105. The van der Waals surface area contributed by atoms with Gasteiger partial charge < -0.3 is 14.2 Å². The first-order chi connectivity index (χ1) is 12.7. The normalized spacial score (nSPS) is 11.0. The highest BCUT2D eigenvalue weighted by Gasteiger charge is 2.30. The molecule has 0 aliphatic rings. The van der Waals surface area contributed by atoms with Crippen LogP contribution in [0.1, 0.15) is 0 Å². The topological polar surface area (TPSA) is 82.1 Å². The van der Waals surface area contributed by atoms with Crippen LogP contribution < -0.4 is 13.8 Å². The number of halogens is 2. The molecule has 146 valence electrons. The molecule has 0 N–H and O–H groups in total. The Hall–Kier alpha value is -2.16. The fourth-order valence-electron chi connectivity index (χ4n) is 2.24. The van der Waals surface area contributed by atoms with E-state index < -0.39 is 22.5 Å². The molecule has 2 rings (SSSR count).